The fraction of sp³-hybridized carbons (Fsp3) is 0.533. The number of benzene rings is 1. The van der Waals surface area contributed by atoms with Crippen LogP contribution in [0.4, 0.5) is 11.4 Å². The van der Waals surface area contributed by atoms with Crippen molar-refractivity contribution in [2.75, 3.05) is 43.2 Å². The van der Waals surface area contributed by atoms with E-state index in [0.717, 1.165) is 42.2 Å². The molecule has 20 heavy (non-hydrogen) atoms. The van der Waals surface area contributed by atoms with Crippen molar-refractivity contribution in [3.63, 3.8) is 0 Å². The number of rotatable bonds is 8. The molecule has 0 fully saturated rings. The van der Waals surface area contributed by atoms with Crippen molar-refractivity contribution in [1.29, 1.82) is 0 Å². The molecule has 1 aromatic rings. The Morgan fingerprint density at radius 2 is 2.15 bits per heavy atom. The Balaban J connectivity index is 2.30. The van der Waals surface area contributed by atoms with E-state index in [4.69, 9.17) is 5.73 Å². The van der Waals surface area contributed by atoms with Crippen LogP contribution in [-0.2, 0) is 4.79 Å². The number of nitrogens with two attached hydrogens (primary N) is 1. The zero-order valence-electron chi connectivity index (χ0n) is 12.6. The summed E-state index contributed by atoms with van der Waals surface area (Å²) in [5, 5.41) is 2.94. The zero-order valence-corrected chi connectivity index (χ0v) is 13.4. The summed E-state index contributed by atoms with van der Waals surface area (Å²) in [5.41, 5.74) is 8.25. The van der Waals surface area contributed by atoms with Gasteiger partial charge >= 0.3 is 0 Å². The largest absolute Gasteiger partial charge is 0.399 e. The first-order valence-corrected chi connectivity index (χ1v) is 8.25. The molecule has 0 saturated heterocycles. The van der Waals surface area contributed by atoms with Crippen molar-refractivity contribution >= 4 is 29.0 Å². The third kappa shape index (κ3) is 6.30. The Labute approximate surface area is 126 Å². The summed E-state index contributed by atoms with van der Waals surface area (Å²) in [6, 6.07) is 5.53. The van der Waals surface area contributed by atoms with E-state index >= 15 is 0 Å². The van der Waals surface area contributed by atoms with Gasteiger partial charge in [-0.1, -0.05) is 0 Å². The highest BCUT2D eigenvalue weighted by molar-refractivity contribution is 7.98. The molecule has 0 atom stereocenters. The Morgan fingerprint density at radius 3 is 2.80 bits per heavy atom. The van der Waals surface area contributed by atoms with Crippen molar-refractivity contribution in [3.8, 4) is 0 Å². The van der Waals surface area contributed by atoms with Crippen LogP contribution in [0.5, 0.6) is 0 Å². The van der Waals surface area contributed by atoms with Gasteiger partial charge in [0.25, 0.3) is 0 Å². The van der Waals surface area contributed by atoms with Gasteiger partial charge in [0.2, 0.25) is 5.91 Å². The number of carbonyl (C=O) groups excluding carboxylic acids is 1. The minimum absolute atomic E-state index is 0.0659. The molecule has 1 aromatic carbocycles. The molecule has 4 nitrogen and oxygen atoms in total. The average Bonchev–Trinajstić information content (AvgIpc) is 2.39. The first-order valence-electron chi connectivity index (χ1n) is 6.86. The predicted molar refractivity (Wildman–Crippen MR) is 89.3 cm³/mol. The molecule has 0 aromatic heterocycles. The Kier molecular flexibility index (Phi) is 7.47. The van der Waals surface area contributed by atoms with Gasteiger partial charge in [-0.25, -0.2) is 0 Å². The fourth-order valence-electron chi connectivity index (χ4n) is 1.91. The summed E-state index contributed by atoms with van der Waals surface area (Å²) in [6.45, 7) is 3.97. The first-order chi connectivity index (χ1) is 9.52. The number of nitrogen functional groups attached to an aromatic ring is 1. The number of nitrogens with zero attached hydrogens (tertiary/aromatic N) is 1. The number of carbonyl (C=O) groups is 1. The number of hydrogen-bond acceptors (Lipinski definition) is 4. The van der Waals surface area contributed by atoms with Crippen molar-refractivity contribution < 1.29 is 4.79 Å². The van der Waals surface area contributed by atoms with E-state index < -0.39 is 0 Å². The maximum absolute atomic E-state index is 11.9. The second-order valence-corrected chi connectivity index (χ2v) is 6.01. The van der Waals surface area contributed by atoms with Crippen molar-refractivity contribution in [3.05, 3.63) is 23.8 Å². The molecule has 5 heteroatoms. The summed E-state index contributed by atoms with van der Waals surface area (Å²) in [4.78, 5) is 14.1. The van der Waals surface area contributed by atoms with Gasteiger partial charge in [0.1, 0.15) is 0 Å². The lowest BCUT2D eigenvalue weighted by molar-refractivity contribution is -0.116. The van der Waals surface area contributed by atoms with Gasteiger partial charge in [0, 0.05) is 30.1 Å². The highest BCUT2D eigenvalue weighted by Crippen LogP contribution is 2.17. The van der Waals surface area contributed by atoms with Crippen molar-refractivity contribution in [2.45, 2.75) is 19.8 Å². The molecule has 0 heterocycles. The second kappa shape index (κ2) is 8.87. The Hall–Kier alpha value is -1.20. The highest BCUT2D eigenvalue weighted by atomic mass is 32.2. The van der Waals surface area contributed by atoms with Crippen LogP contribution in [0.25, 0.3) is 0 Å². The predicted octanol–water partition coefficient (Wildman–Crippen LogP) is 2.59. The highest BCUT2D eigenvalue weighted by Gasteiger charge is 2.06. The molecule has 3 N–H and O–H groups in total. The van der Waals surface area contributed by atoms with E-state index in [9.17, 15) is 4.79 Å². The molecule has 112 valence electrons. The molecule has 0 bridgehead atoms. The normalized spacial score (nSPS) is 10.8. The third-order valence-electron chi connectivity index (χ3n) is 3.15. The molecule has 0 aliphatic carbocycles. The average molecular weight is 295 g/mol. The monoisotopic (exact) mass is 295 g/mol. The Morgan fingerprint density at radius 1 is 1.40 bits per heavy atom. The standard InChI is InChI=1S/C15H25N3OS/c1-12-11-13(16)6-7-14(12)17-15(19)5-4-8-18(2)9-10-20-3/h6-7,11H,4-5,8-10,16H2,1-3H3,(H,17,19). The molecule has 0 unspecified atom stereocenters. The minimum Gasteiger partial charge on any atom is -0.399 e. The van der Waals surface area contributed by atoms with E-state index in [1.807, 2.05) is 30.8 Å². The summed E-state index contributed by atoms with van der Waals surface area (Å²) in [6.07, 6.45) is 3.54. The van der Waals surface area contributed by atoms with Crippen LogP contribution in [0, 0.1) is 6.92 Å². The quantitative estimate of drug-likeness (QED) is 0.724. The fourth-order valence-corrected chi connectivity index (χ4v) is 2.40. The topological polar surface area (TPSA) is 58.4 Å². The first kappa shape index (κ1) is 16.9. The van der Waals surface area contributed by atoms with Gasteiger partial charge in [-0.15, -0.1) is 0 Å². The van der Waals surface area contributed by atoms with Crippen molar-refractivity contribution in [2.24, 2.45) is 0 Å². The SMILES string of the molecule is CSCCN(C)CCCC(=O)Nc1ccc(N)cc1C. The van der Waals surface area contributed by atoms with E-state index in [2.05, 4.69) is 23.5 Å². The molecule has 0 aliphatic rings. The van der Waals surface area contributed by atoms with Gasteiger partial charge < -0.3 is 16.0 Å². The van der Waals surface area contributed by atoms with Crippen LogP contribution in [0.1, 0.15) is 18.4 Å². The van der Waals surface area contributed by atoms with Crippen LogP contribution in [0.2, 0.25) is 0 Å². The molecular formula is C15H25N3OS. The van der Waals surface area contributed by atoms with Crippen LogP contribution < -0.4 is 11.1 Å². The molecule has 1 rings (SSSR count). The van der Waals surface area contributed by atoms with E-state index in [-0.39, 0.29) is 5.91 Å². The molecular weight excluding hydrogens is 270 g/mol. The lowest BCUT2D eigenvalue weighted by atomic mass is 10.1. The molecule has 1 amide bonds. The summed E-state index contributed by atoms with van der Waals surface area (Å²) in [7, 11) is 2.10. The number of anilines is 2. The number of aryl methyl sites for hydroxylation is 1. The van der Waals surface area contributed by atoms with E-state index in [0.29, 0.717) is 6.42 Å². The van der Waals surface area contributed by atoms with Crippen LogP contribution >= 0.6 is 11.8 Å². The molecule has 0 radical (unpaired) electrons. The van der Waals surface area contributed by atoms with Crippen LogP contribution in [0.3, 0.4) is 0 Å². The number of amides is 1. The number of hydrogen-bond donors (Lipinski definition) is 2. The van der Waals surface area contributed by atoms with Crippen LogP contribution in [0.15, 0.2) is 18.2 Å². The number of thioether (sulfide) groups is 1. The lowest BCUT2D eigenvalue weighted by Gasteiger charge is -2.15. The van der Waals surface area contributed by atoms with Gasteiger partial charge in [0.05, 0.1) is 0 Å². The molecule has 0 aliphatic heterocycles. The smallest absolute Gasteiger partial charge is 0.224 e. The summed E-state index contributed by atoms with van der Waals surface area (Å²) >= 11 is 1.84. The maximum Gasteiger partial charge on any atom is 0.224 e. The molecule has 0 spiro atoms. The third-order valence-corrected chi connectivity index (χ3v) is 3.74. The van der Waals surface area contributed by atoms with E-state index in [1.54, 1.807) is 6.07 Å². The van der Waals surface area contributed by atoms with Gasteiger partial charge in [-0.3, -0.25) is 4.79 Å². The maximum atomic E-state index is 11.9. The Bertz CT molecular complexity index is 437. The summed E-state index contributed by atoms with van der Waals surface area (Å²) in [5.74, 6) is 1.20. The van der Waals surface area contributed by atoms with Crippen LogP contribution in [-0.4, -0.2) is 43.0 Å². The van der Waals surface area contributed by atoms with Crippen molar-refractivity contribution in [1.82, 2.24) is 4.90 Å². The van der Waals surface area contributed by atoms with Gasteiger partial charge in [-0.05, 0) is 57.0 Å². The summed E-state index contributed by atoms with van der Waals surface area (Å²) < 4.78 is 0. The minimum atomic E-state index is 0.0659. The second-order valence-electron chi connectivity index (χ2n) is 5.02. The lowest BCUT2D eigenvalue weighted by Crippen LogP contribution is -2.23. The number of nitrogens with one attached hydrogen (secondary N) is 1. The van der Waals surface area contributed by atoms with E-state index in [1.165, 1.54) is 0 Å². The van der Waals surface area contributed by atoms with Gasteiger partial charge in [-0.2, -0.15) is 11.8 Å². The van der Waals surface area contributed by atoms with Gasteiger partial charge in [0.15, 0.2) is 0 Å². The molecule has 0 saturated carbocycles. The zero-order chi connectivity index (χ0) is 15.0.